The van der Waals surface area contributed by atoms with E-state index in [1.165, 1.54) is 0 Å². The lowest BCUT2D eigenvalue weighted by atomic mass is 10.2. The minimum atomic E-state index is -4.35. The van der Waals surface area contributed by atoms with Crippen LogP contribution in [0.1, 0.15) is 25.7 Å². The van der Waals surface area contributed by atoms with Gasteiger partial charge in [0.15, 0.2) is 0 Å². The Hall–Kier alpha value is -1.14. The van der Waals surface area contributed by atoms with E-state index in [-0.39, 0.29) is 6.42 Å². The molecule has 94 valence electrons. The molecule has 0 saturated carbocycles. The molecule has 0 rings (SSSR count). The Morgan fingerprint density at radius 3 is 2.06 bits per heavy atom. The first-order valence-corrected chi connectivity index (χ1v) is 4.46. The molecule has 0 heterocycles. The van der Waals surface area contributed by atoms with Crippen LogP contribution in [0.4, 0.5) is 22.0 Å². The van der Waals surface area contributed by atoms with E-state index in [9.17, 15) is 26.7 Å². The van der Waals surface area contributed by atoms with E-state index in [1.807, 2.05) is 0 Å². The number of halogens is 5. The molecule has 0 spiro atoms. The molecule has 0 atom stereocenters. The smallest absolute Gasteiger partial charge is 0.398 e. The summed E-state index contributed by atoms with van der Waals surface area (Å²) in [5, 5.41) is 0. The summed E-state index contributed by atoms with van der Waals surface area (Å²) in [7, 11) is 0. The van der Waals surface area contributed by atoms with Crippen LogP contribution in [0.25, 0.3) is 0 Å². The molecule has 0 aromatic rings. The number of esters is 1. The van der Waals surface area contributed by atoms with Crippen LogP contribution < -0.4 is 0 Å². The van der Waals surface area contributed by atoms with Gasteiger partial charge in [-0.2, -0.15) is 22.0 Å². The number of unbranched alkanes of at least 4 members (excludes halogenated alkanes) is 1. The molecule has 2 nitrogen and oxygen atoms in total. The molecule has 0 aliphatic carbocycles. The van der Waals surface area contributed by atoms with E-state index in [4.69, 9.17) is 0 Å². The Bertz CT molecular complexity index is 247. The van der Waals surface area contributed by atoms with E-state index in [0.717, 1.165) is 0 Å². The van der Waals surface area contributed by atoms with E-state index >= 15 is 0 Å². The fraction of sp³-hybridized carbons (Fsp3) is 0.667. The first-order valence-electron chi connectivity index (χ1n) is 4.46. The van der Waals surface area contributed by atoms with E-state index in [2.05, 4.69) is 11.3 Å². The molecule has 0 bridgehead atoms. The van der Waals surface area contributed by atoms with Crippen molar-refractivity contribution in [3.8, 4) is 0 Å². The van der Waals surface area contributed by atoms with Gasteiger partial charge in [0.1, 0.15) is 0 Å². The summed E-state index contributed by atoms with van der Waals surface area (Å²) in [5.41, 5.74) is 0. The van der Waals surface area contributed by atoms with Crippen molar-refractivity contribution in [3.63, 3.8) is 0 Å². The average molecular weight is 246 g/mol. The molecule has 0 saturated heterocycles. The molecule has 0 unspecified atom stereocenters. The Morgan fingerprint density at radius 2 is 1.62 bits per heavy atom. The van der Waals surface area contributed by atoms with Gasteiger partial charge in [-0.3, -0.25) is 0 Å². The molecule has 0 amide bonds. The maximum Gasteiger partial charge on any atom is 0.400 e. The fourth-order valence-corrected chi connectivity index (χ4v) is 0.896. The molecule has 0 radical (unpaired) electrons. The molecular weight excluding hydrogens is 235 g/mol. The molecule has 0 aliphatic heterocycles. The van der Waals surface area contributed by atoms with Crippen LogP contribution in [-0.2, 0) is 9.53 Å². The van der Waals surface area contributed by atoms with Gasteiger partial charge in [0.05, 0.1) is 6.42 Å². The monoisotopic (exact) mass is 246 g/mol. The molecule has 16 heavy (non-hydrogen) atoms. The summed E-state index contributed by atoms with van der Waals surface area (Å²) >= 11 is 0. The van der Waals surface area contributed by atoms with Crippen molar-refractivity contribution in [3.05, 3.63) is 12.7 Å². The van der Waals surface area contributed by atoms with Gasteiger partial charge in [-0.25, -0.2) is 4.79 Å². The SMILES string of the molecule is C=CC(=O)OC(F)(F)CCCCC(F)(F)F. The van der Waals surface area contributed by atoms with E-state index in [1.54, 1.807) is 0 Å². The number of rotatable bonds is 6. The minimum absolute atomic E-state index is 0.378. The van der Waals surface area contributed by atoms with Crippen molar-refractivity contribution >= 4 is 5.97 Å². The Morgan fingerprint density at radius 1 is 1.12 bits per heavy atom. The van der Waals surface area contributed by atoms with Gasteiger partial charge < -0.3 is 4.74 Å². The predicted octanol–water partition coefficient (Wildman–Crippen LogP) is 3.43. The summed E-state index contributed by atoms with van der Waals surface area (Å²) in [6, 6.07) is 0. The third kappa shape index (κ3) is 8.19. The first kappa shape index (κ1) is 14.9. The number of ether oxygens (including phenoxy) is 1. The van der Waals surface area contributed by atoms with Crippen LogP contribution in [0.3, 0.4) is 0 Å². The second-order valence-corrected chi connectivity index (χ2v) is 3.08. The summed E-state index contributed by atoms with van der Waals surface area (Å²) in [5.74, 6) is -1.30. The van der Waals surface area contributed by atoms with Gasteiger partial charge in [-0.15, -0.1) is 0 Å². The predicted molar refractivity (Wildman–Crippen MR) is 45.8 cm³/mol. The van der Waals surface area contributed by atoms with Gasteiger partial charge in [0, 0.05) is 12.5 Å². The normalized spacial score (nSPS) is 12.3. The Labute approximate surface area is 89.1 Å². The van der Waals surface area contributed by atoms with Crippen LogP contribution in [0.2, 0.25) is 0 Å². The van der Waals surface area contributed by atoms with Gasteiger partial charge in [-0.05, 0) is 12.8 Å². The number of carbonyl (C=O) groups excluding carboxylic acids is 1. The third-order valence-electron chi connectivity index (χ3n) is 1.59. The zero-order valence-corrected chi connectivity index (χ0v) is 8.32. The molecule has 0 aromatic carbocycles. The fourth-order valence-electron chi connectivity index (χ4n) is 0.896. The minimum Gasteiger partial charge on any atom is -0.398 e. The van der Waals surface area contributed by atoms with Crippen LogP contribution in [0.15, 0.2) is 12.7 Å². The first-order chi connectivity index (χ1) is 7.16. The molecule has 0 aromatic heterocycles. The van der Waals surface area contributed by atoms with Crippen molar-refractivity contribution in [2.24, 2.45) is 0 Å². The Balaban J connectivity index is 3.82. The van der Waals surface area contributed by atoms with Gasteiger partial charge in [-0.1, -0.05) is 6.58 Å². The van der Waals surface area contributed by atoms with Crippen LogP contribution >= 0.6 is 0 Å². The summed E-state index contributed by atoms with van der Waals surface area (Å²) < 4.78 is 64.0. The van der Waals surface area contributed by atoms with Gasteiger partial charge in [0.25, 0.3) is 0 Å². The van der Waals surface area contributed by atoms with Crippen LogP contribution in [0, 0.1) is 0 Å². The number of hydrogen-bond acceptors (Lipinski definition) is 2. The second-order valence-electron chi connectivity index (χ2n) is 3.08. The van der Waals surface area contributed by atoms with Crippen molar-refractivity contribution in [2.75, 3.05) is 0 Å². The van der Waals surface area contributed by atoms with Crippen molar-refractivity contribution in [1.82, 2.24) is 0 Å². The maximum atomic E-state index is 12.7. The van der Waals surface area contributed by atoms with Crippen LogP contribution in [-0.4, -0.2) is 18.3 Å². The third-order valence-corrected chi connectivity index (χ3v) is 1.59. The topological polar surface area (TPSA) is 26.3 Å². The Kier molecular flexibility index (Phi) is 5.40. The standard InChI is InChI=1S/C9H11F5O2/c1-2-7(15)16-9(13,14)6-4-3-5-8(10,11)12/h2H,1,3-6H2. The van der Waals surface area contributed by atoms with Gasteiger partial charge >= 0.3 is 18.3 Å². The molecule has 0 N–H and O–H groups in total. The highest BCUT2D eigenvalue weighted by molar-refractivity contribution is 5.81. The van der Waals surface area contributed by atoms with Crippen molar-refractivity contribution in [1.29, 1.82) is 0 Å². The summed E-state index contributed by atoms with van der Waals surface area (Å²) in [4.78, 5) is 10.4. The number of hydrogen-bond donors (Lipinski definition) is 0. The van der Waals surface area contributed by atoms with Crippen molar-refractivity contribution < 1.29 is 31.5 Å². The van der Waals surface area contributed by atoms with Crippen molar-refractivity contribution in [2.45, 2.75) is 38.0 Å². The number of carbonyl (C=O) groups is 1. The molecule has 0 aliphatic rings. The second kappa shape index (κ2) is 5.81. The zero-order valence-electron chi connectivity index (χ0n) is 8.32. The zero-order chi connectivity index (χ0) is 12.8. The lowest BCUT2D eigenvalue weighted by Gasteiger charge is -2.15. The molecule has 0 fully saturated rings. The lowest BCUT2D eigenvalue weighted by molar-refractivity contribution is -0.232. The van der Waals surface area contributed by atoms with Crippen LogP contribution in [0.5, 0.6) is 0 Å². The maximum absolute atomic E-state index is 12.7. The van der Waals surface area contributed by atoms with E-state index in [0.29, 0.717) is 6.08 Å². The van der Waals surface area contributed by atoms with E-state index < -0.39 is 37.5 Å². The molecule has 7 heteroatoms. The highest BCUT2D eigenvalue weighted by atomic mass is 19.4. The summed E-state index contributed by atoms with van der Waals surface area (Å²) in [6.45, 7) is 2.92. The lowest BCUT2D eigenvalue weighted by Crippen LogP contribution is -2.24. The van der Waals surface area contributed by atoms with Gasteiger partial charge in [0.2, 0.25) is 0 Å². The number of alkyl halides is 5. The highest BCUT2D eigenvalue weighted by Crippen LogP contribution is 2.27. The highest BCUT2D eigenvalue weighted by Gasteiger charge is 2.33. The molecular formula is C9H11F5O2. The largest absolute Gasteiger partial charge is 0.400 e. The quantitative estimate of drug-likeness (QED) is 0.310. The average Bonchev–Trinajstić information content (AvgIpc) is 2.10. The summed E-state index contributed by atoms with van der Waals surface area (Å²) in [6.07, 6.45) is -10.4.